The molecule has 0 aliphatic carbocycles. The summed E-state index contributed by atoms with van der Waals surface area (Å²) in [5.41, 5.74) is 5.80. The molecule has 2 N–H and O–H groups in total. The van der Waals surface area contributed by atoms with Gasteiger partial charge in [0.25, 0.3) is 0 Å². The minimum atomic E-state index is -0.373. The van der Waals surface area contributed by atoms with Crippen LogP contribution in [0.5, 0.6) is 0 Å². The van der Waals surface area contributed by atoms with Crippen LogP contribution in [0.25, 0.3) is 0 Å². The van der Waals surface area contributed by atoms with Gasteiger partial charge in [0.2, 0.25) is 0 Å². The molecule has 0 rings (SSSR count). The zero-order valence-electron chi connectivity index (χ0n) is 8.84. The maximum absolute atomic E-state index is 12.8. The summed E-state index contributed by atoms with van der Waals surface area (Å²) in [6.07, 6.45) is 2.30. The van der Waals surface area contributed by atoms with Crippen molar-refractivity contribution in [3.05, 3.63) is 24.7 Å². The minimum absolute atomic E-state index is 0.0767. The Morgan fingerprint density at radius 1 is 1.54 bits per heavy atom. The lowest BCUT2D eigenvalue weighted by Gasteiger charge is -2.34. The molecular formula is C10H19FN2. The second-order valence-electron chi connectivity index (χ2n) is 4.19. The highest BCUT2D eigenvalue weighted by Gasteiger charge is 2.23. The maximum Gasteiger partial charge on any atom is 0.138 e. The fourth-order valence-electron chi connectivity index (χ4n) is 0.938. The molecule has 0 aromatic rings. The maximum atomic E-state index is 12.8. The fraction of sp³-hybridized carbons (Fsp3) is 0.600. The Kier molecular flexibility index (Phi) is 4.14. The molecule has 0 saturated carbocycles. The van der Waals surface area contributed by atoms with E-state index in [0.717, 1.165) is 6.08 Å². The average molecular weight is 186 g/mol. The minimum Gasteiger partial charge on any atom is -0.362 e. The molecule has 0 spiro atoms. The van der Waals surface area contributed by atoms with Crippen molar-refractivity contribution in [2.45, 2.75) is 26.9 Å². The number of rotatable bonds is 3. The molecule has 3 heteroatoms. The van der Waals surface area contributed by atoms with Gasteiger partial charge in [0.05, 0.1) is 6.17 Å². The first-order chi connectivity index (χ1) is 5.79. The molecule has 76 valence electrons. The van der Waals surface area contributed by atoms with Crippen molar-refractivity contribution >= 4 is 0 Å². The largest absolute Gasteiger partial charge is 0.362 e. The fourth-order valence-corrected chi connectivity index (χ4v) is 0.938. The highest BCUT2D eigenvalue weighted by atomic mass is 19.1. The lowest BCUT2D eigenvalue weighted by atomic mass is 9.92. The van der Waals surface area contributed by atoms with E-state index >= 15 is 0 Å². The Hall–Kier alpha value is -0.830. The summed E-state index contributed by atoms with van der Waals surface area (Å²) in [6.45, 7) is 9.35. The number of nitrogens with zero attached hydrogens (tertiary/aromatic N) is 1. The molecule has 0 aliphatic rings. The quantitative estimate of drug-likeness (QED) is 0.541. The first-order valence-corrected chi connectivity index (χ1v) is 4.26. The SMILES string of the molecule is C=C/C(F)=C\N(C)C(N)C(C)(C)C. The average Bonchev–Trinajstić information content (AvgIpc) is 2.01. The predicted octanol–water partition coefficient (Wildman–Crippen LogP) is 2.25. The van der Waals surface area contributed by atoms with Gasteiger partial charge in [0.15, 0.2) is 0 Å². The third-order valence-electron chi connectivity index (χ3n) is 1.85. The Morgan fingerprint density at radius 2 is 2.00 bits per heavy atom. The second kappa shape index (κ2) is 4.42. The van der Waals surface area contributed by atoms with E-state index in [4.69, 9.17) is 5.73 Å². The molecule has 0 heterocycles. The first kappa shape index (κ1) is 12.2. The Morgan fingerprint density at radius 3 is 2.31 bits per heavy atom. The third kappa shape index (κ3) is 4.08. The van der Waals surface area contributed by atoms with Crippen LogP contribution in [0, 0.1) is 5.41 Å². The number of hydrogen-bond acceptors (Lipinski definition) is 2. The van der Waals surface area contributed by atoms with Crippen LogP contribution in [0.15, 0.2) is 24.7 Å². The van der Waals surface area contributed by atoms with E-state index in [1.807, 2.05) is 20.8 Å². The molecule has 1 atom stereocenters. The van der Waals surface area contributed by atoms with Crippen molar-refractivity contribution in [3.63, 3.8) is 0 Å². The molecule has 13 heavy (non-hydrogen) atoms. The van der Waals surface area contributed by atoms with Gasteiger partial charge in [-0.05, 0) is 11.5 Å². The summed E-state index contributed by atoms with van der Waals surface area (Å²) < 4.78 is 12.8. The van der Waals surface area contributed by atoms with Gasteiger partial charge in [-0.3, -0.25) is 0 Å². The summed E-state index contributed by atoms with van der Waals surface area (Å²) in [4.78, 5) is 1.65. The lowest BCUT2D eigenvalue weighted by molar-refractivity contribution is 0.175. The molecule has 2 nitrogen and oxygen atoms in total. The van der Waals surface area contributed by atoms with Crippen molar-refractivity contribution in [3.8, 4) is 0 Å². The highest BCUT2D eigenvalue weighted by Crippen LogP contribution is 2.20. The van der Waals surface area contributed by atoms with E-state index in [-0.39, 0.29) is 17.4 Å². The Labute approximate surface area is 79.9 Å². The van der Waals surface area contributed by atoms with Crippen molar-refractivity contribution in [1.29, 1.82) is 0 Å². The van der Waals surface area contributed by atoms with Crippen molar-refractivity contribution in [1.82, 2.24) is 4.90 Å². The molecule has 0 bridgehead atoms. The molecular weight excluding hydrogens is 167 g/mol. The van der Waals surface area contributed by atoms with Crippen LogP contribution in [0.4, 0.5) is 4.39 Å². The van der Waals surface area contributed by atoms with Crippen molar-refractivity contribution in [2.24, 2.45) is 11.1 Å². The highest BCUT2D eigenvalue weighted by molar-refractivity contribution is 5.06. The van der Waals surface area contributed by atoms with Gasteiger partial charge in [-0.25, -0.2) is 4.39 Å². The van der Waals surface area contributed by atoms with E-state index in [2.05, 4.69) is 6.58 Å². The number of nitrogens with two attached hydrogens (primary N) is 1. The summed E-state index contributed by atoms with van der Waals surface area (Å²) >= 11 is 0. The van der Waals surface area contributed by atoms with Crippen LogP contribution in [0.2, 0.25) is 0 Å². The lowest BCUT2D eigenvalue weighted by Crippen LogP contribution is -2.46. The predicted molar refractivity (Wildman–Crippen MR) is 54.6 cm³/mol. The van der Waals surface area contributed by atoms with Gasteiger partial charge in [-0.2, -0.15) is 0 Å². The van der Waals surface area contributed by atoms with Crippen molar-refractivity contribution in [2.75, 3.05) is 7.05 Å². The van der Waals surface area contributed by atoms with Gasteiger partial charge in [-0.15, -0.1) is 0 Å². The first-order valence-electron chi connectivity index (χ1n) is 4.26. The van der Waals surface area contributed by atoms with Gasteiger partial charge in [0, 0.05) is 13.2 Å². The molecule has 0 aromatic carbocycles. The van der Waals surface area contributed by atoms with Crippen LogP contribution in [-0.2, 0) is 0 Å². The zero-order chi connectivity index (χ0) is 10.6. The summed E-state index contributed by atoms with van der Waals surface area (Å²) in [5.74, 6) is -0.373. The molecule has 0 radical (unpaired) electrons. The Bertz CT molecular complexity index is 203. The van der Waals surface area contributed by atoms with E-state index in [0.29, 0.717) is 0 Å². The third-order valence-corrected chi connectivity index (χ3v) is 1.85. The van der Waals surface area contributed by atoms with Crippen LogP contribution in [0.1, 0.15) is 20.8 Å². The normalized spacial score (nSPS) is 15.4. The standard InChI is InChI=1S/C10H19FN2/c1-6-8(11)7-13(5)9(12)10(2,3)4/h6-7,9H,1,12H2,2-5H3/b8-7+. The number of halogens is 1. The van der Waals surface area contributed by atoms with Gasteiger partial charge < -0.3 is 10.6 Å². The summed E-state index contributed by atoms with van der Waals surface area (Å²) in [5, 5.41) is 0. The summed E-state index contributed by atoms with van der Waals surface area (Å²) in [7, 11) is 1.75. The van der Waals surface area contributed by atoms with Crippen LogP contribution in [-0.4, -0.2) is 18.1 Å². The number of allylic oxidation sites excluding steroid dienone is 2. The number of hydrogen-bond donors (Lipinski definition) is 1. The zero-order valence-corrected chi connectivity index (χ0v) is 8.84. The van der Waals surface area contributed by atoms with Crippen LogP contribution in [0.3, 0.4) is 0 Å². The molecule has 0 aliphatic heterocycles. The Balaban J connectivity index is 4.44. The summed E-state index contributed by atoms with van der Waals surface area (Å²) in [6, 6.07) is 0. The van der Waals surface area contributed by atoms with Crippen LogP contribution < -0.4 is 5.73 Å². The topological polar surface area (TPSA) is 29.3 Å². The molecule has 0 amide bonds. The van der Waals surface area contributed by atoms with Crippen LogP contribution >= 0.6 is 0 Å². The van der Waals surface area contributed by atoms with Crippen molar-refractivity contribution < 1.29 is 4.39 Å². The smallest absolute Gasteiger partial charge is 0.138 e. The van der Waals surface area contributed by atoms with Gasteiger partial charge in [-0.1, -0.05) is 27.4 Å². The molecule has 0 saturated heterocycles. The second-order valence-corrected chi connectivity index (χ2v) is 4.19. The molecule has 1 unspecified atom stereocenters. The molecule has 0 fully saturated rings. The van der Waals surface area contributed by atoms with E-state index in [1.54, 1.807) is 11.9 Å². The van der Waals surface area contributed by atoms with Gasteiger partial charge >= 0.3 is 0 Å². The van der Waals surface area contributed by atoms with E-state index in [1.165, 1.54) is 6.20 Å². The van der Waals surface area contributed by atoms with Gasteiger partial charge in [0.1, 0.15) is 5.83 Å². The monoisotopic (exact) mass is 186 g/mol. The van der Waals surface area contributed by atoms with E-state index in [9.17, 15) is 4.39 Å². The van der Waals surface area contributed by atoms with E-state index < -0.39 is 0 Å². The molecule has 0 aromatic heterocycles.